The lowest BCUT2D eigenvalue weighted by Gasteiger charge is -2.44. The number of Topliss-reactive ketones (excluding diaryl/α,β-unsaturated/α-hetero) is 1. The van der Waals surface area contributed by atoms with Crippen LogP contribution < -0.4 is 9.47 Å². The number of amides is 1. The molecule has 6 heteroatoms. The van der Waals surface area contributed by atoms with Gasteiger partial charge in [-0.3, -0.25) is 14.5 Å². The van der Waals surface area contributed by atoms with Gasteiger partial charge in [0.15, 0.2) is 11.5 Å². The lowest BCUT2D eigenvalue weighted by Crippen LogP contribution is -2.55. The second-order valence-corrected chi connectivity index (χ2v) is 9.90. The fraction of sp³-hybridized carbons (Fsp3) is 0.652. The van der Waals surface area contributed by atoms with E-state index in [1.165, 1.54) is 5.56 Å². The molecule has 2 unspecified atom stereocenters. The molecule has 2 aliphatic heterocycles. The topological polar surface area (TPSA) is 59.1 Å². The van der Waals surface area contributed by atoms with Crippen molar-refractivity contribution in [3.8, 4) is 11.5 Å². The van der Waals surface area contributed by atoms with Crippen LogP contribution in [-0.2, 0) is 16.1 Å². The van der Waals surface area contributed by atoms with E-state index < -0.39 is 5.41 Å². The van der Waals surface area contributed by atoms with Crippen LogP contribution >= 0.6 is 0 Å². The summed E-state index contributed by atoms with van der Waals surface area (Å²) < 4.78 is 10.9. The molecular formula is C23H30N2O4. The molecule has 0 spiro atoms. The highest BCUT2D eigenvalue weighted by atomic mass is 16.7. The van der Waals surface area contributed by atoms with Gasteiger partial charge in [-0.15, -0.1) is 0 Å². The van der Waals surface area contributed by atoms with Gasteiger partial charge in [0, 0.05) is 44.6 Å². The summed E-state index contributed by atoms with van der Waals surface area (Å²) in [5.41, 5.74) is 0.0849. The van der Waals surface area contributed by atoms with E-state index in [2.05, 4.69) is 31.7 Å². The second-order valence-electron chi connectivity index (χ2n) is 9.90. The Morgan fingerprint density at radius 3 is 2.41 bits per heavy atom. The van der Waals surface area contributed by atoms with Crippen LogP contribution in [0.3, 0.4) is 0 Å². The quantitative estimate of drug-likeness (QED) is 0.784. The number of rotatable bonds is 3. The zero-order valence-electron chi connectivity index (χ0n) is 17.6. The summed E-state index contributed by atoms with van der Waals surface area (Å²) in [6.07, 6.45) is 2.11. The third-order valence-electron chi connectivity index (χ3n) is 8.62. The van der Waals surface area contributed by atoms with E-state index in [1.54, 1.807) is 0 Å². The number of ether oxygens (including phenoxy) is 2. The standard InChI is InChI=1S/C23H30N2O4/c1-21(2)22(3)6-7-23(21,13-19(22)26)20(27)25-10-8-24(9-11-25)14-16-4-5-17-18(12-16)29-15-28-17/h4-5,12H,6-11,13-15H2,1-3H3. The molecular weight excluding hydrogens is 368 g/mol. The third-order valence-corrected chi connectivity index (χ3v) is 8.62. The number of nitrogens with zero attached hydrogens (tertiary/aromatic N) is 2. The molecule has 1 aromatic rings. The molecule has 5 rings (SSSR count). The molecule has 0 aromatic heterocycles. The molecule has 29 heavy (non-hydrogen) atoms. The van der Waals surface area contributed by atoms with Crippen LogP contribution in [0.1, 0.15) is 45.6 Å². The van der Waals surface area contributed by atoms with Crippen molar-refractivity contribution in [1.29, 1.82) is 0 Å². The van der Waals surface area contributed by atoms with Gasteiger partial charge in [0.1, 0.15) is 5.78 Å². The van der Waals surface area contributed by atoms with Gasteiger partial charge in [-0.25, -0.2) is 0 Å². The van der Waals surface area contributed by atoms with Gasteiger partial charge in [-0.05, 0) is 36.0 Å². The Kier molecular flexibility index (Phi) is 4.05. The first-order valence-corrected chi connectivity index (χ1v) is 10.7. The molecule has 2 atom stereocenters. The van der Waals surface area contributed by atoms with Gasteiger partial charge in [0.2, 0.25) is 12.7 Å². The summed E-state index contributed by atoms with van der Waals surface area (Å²) in [6, 6.07) is 6.09. The SMILES string of the molecule is CC12CCC(C(=O)N3CCN(Cc4ccc5c(c4)OCO5)CC3)(CC1=O)C2(C)C. The van der Waals surface area contributed by atoms with Crippen LogP contribution in [-0.4, -0.2) is 54.5 Å². The van der Waals surface area contributed by atoms with E-state index in [-0.39, 0.29) is 22.5 Å². The molecule has 1 saturated heterocycles. The number of hydrogen-bond acceptors (Lipinski definition) is 5. The maximum atomic E-state index is 13.6. The zero-order chi connectivity index (χ0) is 20.4. The van der Waals surface area contributed by atoms with Crippen LogP contribution in [0.5, 0.6) is 11.5 Å². The van der Waals surface area contributed by atoms with Crippen molar-refractivity contribution in [3.05, 3.63) is 23.8 Å². The molecule has 2 bridgehead atoms. The fourth-order valence-electron chi connectivity index (χ4n) is 6.04. The summed E-state index contributed by atoms with van der Waals surface area (Å²) in [4.78, 5) is 30.7. The Morgan fingerprint density at radius 2 is 1.76 bits per heavy atom. The van der Waals surface area contributed by atoms with Crippen molar-refractivity contribution in [2.75, 3.05) is 33.0 Å². The highest BCUT2D eigenvalue weighted by Gasteiger charge is 2.73. The monoisotopic (exact) mass is 398 g/mol. The molecule has 0 radical (unpaired) electrons. The first-order valence-electron chi connectivity index (χ1n) is 10.7. The van der Waals surface area contributed by atoms with Gasteiger partial charge < -0.3 is 14.4 Å². The highest BCUT2D eigenvalue weighted by molar-refractivity contribution is 5.99. The molecule has 4 aliphatic rings. The third kappa shape index (κ3) is 2.51. The van der Waals surface area contributed by atoms with Gasteiger partial charge in [-0.1, -0.05) is 26.8 Å². The summed E-state index contributed by atoms with van der Waals surface area (Å²) in [6.45, 7) is 10.6. The minimum Gasteiger partial charge on any atom is -0.454 e. The predicted molar refractivity (Wildman–Crippen MR) is 108 cm³/mol. The smallest absolute Gasteiger partial charge is 0.231 e. The number of carbonyl (C=O) groups excluding carboxylic acids is 2. The molecule has 0 N–H and O–H groups in total. The molecule has 3 fully saturated rings. The molecule has 6 nitrogen and oxygen atoms in total. The van der Waals surface area contributed by atoms with E-state index in [1.807, 2.05) is 17.0 Å². The maximum Gasteiger partial charge on any atom is 0.231 e. The summed E-state index contributed by atoms with van der Waals surface area (Å²) in [5.74, 6) is 2.11. The van der Waals surface area contributed by atoms with Crippen molar-refractivity contribution >= 4 is 11.7 Å². The van der Waals surface area contributed by atoms with E-state index in [9.17, 15) is 9.59 Å². The van der Waals surface area contributed by atoms with Crippen molar-refractivity contribution in [2.24, 2.45) is 16.2 Å². The Bertz CT molecular complexity index is 874. The molecule has 2 heterocycles. The first kappa shape index (κ1) is 18.9. The summed E-state index contributed by atoms with van der Waals surface area (Å²) >= 11 is 0. The predicted octanol–water partition coefficient (Wildman–Crippen LogP) is 2.85. The summed E-state index contributed by atoms with van der Waals surface area (Å²) in [5, 5.41) is 0. The molecule has 2 saturated carbocycles. The number of benzene rings is 1. The lowest BCUT2D eigenvalue weighted by atomic mass is 9.64. The van der Waals surface area contributed by atoms with Gasteiger partial charge >= 0.3 is 0 Å². The second kappa shape index (κ2) is 6.21. The number of fused-ring (bicyclic) bond motifs is 3. The Hall–Kier alpha value is -2.08. The van der Waals surface area contributed by atoms with E-state index in [0.717, 1.165) is 57.1 Å². The molecule has 156 valence electrons. The molecule has 1 aromatic carbocycles. The maximum absolute atomic E-state index is 13.6. The average molecular weight is 399 g/mol. The first-order chi connectivity index (χ1) is 13.8. The highest BCUT2D eigenvalue weighted by Crippen LogP contribution is 2.71. The lowest BCUT2D eigenvalue weighted by molar-refractivity contribution is -0.149. The van der Waals surface area contributed by atoms with Crippen LogP contribution in [0.25, 0.3) is 0 Å². The Labute approximate surface area is 172 Å². The van der Waals surface area contributed by atoms with Crippen LogP contribution in [0.2, 0.25) is 0 Å². The minimum atomic E-state index is -0.502. The number of hydrogen-bond donors (Lipinski definition) is 0. The van der Waals surface area contributed by atoms with Gasteiger partial charge in [0.05, 0.1) is 5.41 Å². The Balaban J connectivity index is 1.24. The summed E-state index contributed by atoms with van der Waals surface area (Å²) in [7, 11) is 0. The molecule has 1 amide bonds. The zero-order valence-corrected chi connectivity index (χ0v) is 17.6. The number of carbonyl (C=O) groups is 2. The largest absolute Gasteiger partial charge is 0.454 e. The minimum absolute atomic E-state index is 0.208. The van der Waals surface area contributed by atoms with Crippen LogP contribution in [0, 0.1) is 16.2 Å². The molecule has 2 aliphatic carbocycles. The van der Waals surface area contributed by atoms with Crippen molar-refractivity contribution in [3.63, 3.8) is 0 Å². The van der Waals surface area contributed by atoms with Gasteiger partial charge in [0.25, 0.3) is 0 Å². The van der Waals surface area contributed by atoms with E-state index in [4.69, 9.17) is 9.47 Å². The average Bonchev–Trinajstić information content (AvgIpc) is 3.29. The fourth-order valence-corrected chi connectivity index (χ4v) is 6.04. The normalized spacial score (nSPS) is 32.8. The number of ketones is 1. The van der Waals surface area contributed by atoms with Crippen molar-refractivity contribution < 1.29 is 19.1 Å². The van der Waals surface area contributed by atoms with Crippen molar-refractivity contribution in [1.82, 2.24) is 9.80 Å². The number of piperazine rings is 1. The van der Waals surface area contributed by atoms with E-state index >= 15 is 0 Å². The Morgan fingerprint density at radius 1 is 1.03 bits per heavy atom. The van der Waals surface area contributed by atoms with Crippen LogP contribution in [0.4, 0.5) is 0 Å². The van der Waals surface area contributed by atoms with Crippen LogP contribution in [0.15, 0.2) is 18.2 Å². The van der Waals surface area contributed by atoms with Crippen molar-refractivity contribution in [2.45, 2.75) is 46.6 Å². The van der Waals surface area contributed by atoms with E-state index in [0.29, 0.717) is 13.2 Å². The van der Waals surface area contributed by atoms with Gasteiger partial charge in [-0.2, -0.15) is 0 Å².